The summed E-state index contributed by atoms with van der Waals surface area (Å²) >= 11 is 1.67. The van der Waals surface area contributed by atoms with Gasteiger partial charge in [-0.05, 0) is 50.2 Å². The van der Waals surface area contributed by atoms with Gasteiger partial charge in [0.2, 0.25) is 0 Å². The summed E-state index contributed by atoms with van der Waals surface area (Å²) < 4.78 is 2.27. The number of hydrogen-bond acceptors (Lipinski definition) is 4. The maximum atomic E-state index is 4.86. The molecule has 0 atom stereocenters. The fourth-order valence-corrected chi connectivity index (χ4v) is 4.07. The Balaban J connectivity index is 0.00000392. The second kappa shape index (κ2) is 12.9. The molecular formula is C20H39IN6S. The van der Waals surface area contributed by atoms with Gasteiger partial charge in [-0.25, -0.2) is 0 Å². The summed E-state index contributed by atoms with van der Waals surface area (Å²) in [6, 6.07) is 0. The van der Waals surface area contributed by atoms with Crippen molar-refractivity contribution in [2.45, 2.75) is 77.9 Å². The van der Waals surface area contributed by atoms with Crippen LogP contribution in [0.15, 0.2) is 10.1 Å². The molecule has 0 amide bonds. The molecule has 0 bridgehead atoms. The highest BCUT2D eigenvalue weighted by molar-refractivity contribution is 14.0. The highest BCUT2D eigenvalue weighted by atomic mass is 127. The SMILES string of the molecule is CCNC(=NCC1(CC)CCC1)NCCCc1nnc(SC)n1CC(C)C.I. The summed E-state index contributed by atoms with van der Waals surface area (Å²) in [6.07, 6.45) is 9.28. The van der Waals surface area contributed by atoms with E-state index in [0.717, 1.165) is 56.0 Å². The number of aromatic nitrogens is 3. The van der Waals surface area contributed by atoms with Crippen LogP contribution in [0.4, 0.5) is 0 Å². The molecule has 1 aromatic rings. The van der Waals surface area contributed by atoms with E-state index in [9.17, 15) is 0 Å². The van der Waals surface area contributed by atoms with Gasteiger partial charge in [0, 0.05) is 32.6 Å². The van der Waals surface area contributed by atoms with E-state index in [2.05, 4.69) is 59.3 Å². The Morgan fingerprint density at radius 3 is 2.54 bits per heavy atom. The minimum absolute atomic E-state index is 0. The van der Waals surface area contributed by atoms with Gasteiger partial charge in [-0.1, -0.05) is 39.0 Å². The average molecular weight is 523 g/mol. The topological polar surface area (TPSA) is 67.1 Å². The lowest BCUT2D eigenvalue weighted by atomic mass is 9.67. The summed E-state index contributed by atoms with van der Waals surface area (Å²) in [5.74, 6) is 2.63. The van der Waals surface area contributed by atoms with Crippen molar-refractivity contribution in [1.82, 2.24) is 25.4 Å². The Hall–Kier alpha value is -0.510. The highest BCUT2D eigenvalue weighted by Crippen LogP contribution is 2.43. The molecule has 0 unspecified atom stereocenters. The van der Waals surface area contributed by atoms with E-state index in [-0.39, 0.29) is 24.0 Å². The number of aryl methyl sites for hydroxylation is 1. The fourth-order valence-electron chi connectivity index (χ4n) is 3.55. The Morgan fingerprint density at radius 1 is 1.25 bits per heavy atom. The van der Waals surface area contributed by atoms with Gasteiger partial charge < -0.3 is 15.2 Å². The number of nitrogens with zero attached hydrogens (tertiary/aromatic N) is 4. The average Bonchev–Trinajstić information content (AvgIpc) is 2.99. The van der Waals surface area contributed by atoms with Crippen LogP contribution >= 0.6 is 35.7 Å². The normalized spacial score (nSPS) is 15.9. The van der Waals surface area contributed by atoms with Crippen molar-refractivity contribution in [3.05, 3.63) is 5.82 Å². The largest absolute Gasteiger partial charge is 0.357 e. The van der Waals surface area contributed by atoms with Crippen molar-refractivity contribution in [2.75, 3.05) is 25.9 Å². The van der Waals surface area contributed by atoms with Gasteiger partial charge in [0.25, 0.3) is 0 Å². The van der Waals surface area contributed by atoms with Crippen LogP contribution in [0.25, 0.3) is 0 Å². The first-order chi connectivity index (χ1) is 13.0. The van der Waals surface area contributed by atoms with Gasteiger partial charge in [0.1, 0.15) is 5.82 Å². The van der Waals surface area contributed by atoms with E-state index in [1.807, 2.05) is 0 Å². The highest BCUT2D eigenvalue weighted by Gasteiger charge is 2.34. The molecule has 1 heterocycles. The smallest absolute Gasteiger partial charge is 0.191 e. The Labute approximate surface area is 192 Å². The third kappa shape index (κ3) is 7.39. The molecule has 0 spiro atoms. The summed E-state index contributed by atoms with van der Waals surface area (Å²) in [6.45, 7) is 12.6. The van der Waals surface area contributed by atoms with Crippen LogP contribution in [-0.4, -0.2) is 46.6 Å². The molecule has 0 saturated heterocycles. The second-order valence-corrected chi connectivity index (χ2v) is 8.81. The maximum absolute atomic E-state index is 4.86. The lowest BCUT2D eigenvalue weighted by molar-refractivity contribution is 0.139. The Morgan fingerprint density at radius 2 is 2.00 bits per heavy atom. The second-order valence-electron chi connectivity index (χ2n) is 8.04. The van der Waals surface area contributed by atoms with Crippen molar-refractivity contribution < 1.29 is 0 Å². The third-order valence-corrected chi connectivity index (χ3v) is 6.14. The summed E-state index contributed by atoms with van der Waals surface area (Å²) in [7, 11) is 0. The maximum Gasteiger partial charge on any atom is 0.191 e. The monoisotopic (exact) mass is 522 g/mol. The molecule has 1 aliphatic carbocycles. The third-order valence-electron chi connectivity index (χ3n) is 5.47. The first-order valence-electron chi connectivity index (χ1n) is 10.5. The standard InChI is InChI=1S/C20H38N6S.HI/c1-6-20(11-9-12-20)15-23-18(21-7-2)22-13-8-10-17-24-25-19(27-5)26(17)14-16(3)4;/h16H,6-15H2,1-5H3,(H2,21,22,23);1H. The Kier molecular flexibility index (Phi) is 11.8. The van der Waals surface area contributed by atoms with Crippen LogP contribution < -0.4 is 10.6 Å². The number of rotatable bonds is 11. The molecule has 0 aromatic carbocycles. The quantitative estimate of drug-likeness (QED) is 0.149. The van der Waals surface area contributed by atoms with Crippen molar-refractivity contribution in [2.24, 2.45) is 16.3 Å². The minimum atomic E-state index is 0. The van der Waals surface area contributed by atoms with Crippen LogP contribution in [0.1, 0.15) is 65.6 Å². The molecule has 0 aliphatic heterocycles. The molecule has 0 radical (unpaired) electrons. The number of aliphatic imine (C=N–C) groups is 1. The Bertz CT molecular complexity index is 592. The molecule has 162 valence electrons. The molecule has 1 aromatic heterocycles. The molecule has 28 heavy (non-hydrogen) atoms. The van der Waals surface area contributed by atoms with Crippen molar-refractivity contribution in [3.63, 3.8) is 0 Å². The van der Waals surface area contributed by atoms with Crippen molar-refractivity contribution >= 4 is 41.7 Å². The first-order valence-corrected chi connectivity index (χ1v) is 11.7. The molecule has 2 N–H and O–H groups in total. The predicted octanol–water partition coefficient (Wildman–Crippen LogP) is 4.34. The zero-order chi connectivity index (χ0) is 19.7. The fraction of sp³-hybridized carbons (Fsp3) is 0.850. The zero-order valence-electron chi connectivity index (χ0n) is 18.3. The lowest BCUT2D eigenvalue weighted by Gasteiger charge is -2.40. The molecule has 1 aliphatic rings. The summed E-state index contributed by atoms with van der Waals surface area (Å²) in [5.41, 5.74) is 0.462. The molecule has 1 fully saturated rings. The van der Waals surface area contributed by atoms with Gasteiger partial charge in [0.15, 0.2) is 11.1 Å². The molecule has 6 nitrogen and oxygen atoms in total. The summed E-state index contributed by atoms with van der Waals surface area (Å²) in [5, 5.41) is 16.6. The van der Waals surface area contributed by atoms with E-state index >= 15 is 0 Å². The van der Waals surface area contributed by atoms with Crippen LogP contribution in [0, 0.1) is 11.3 Å². The number of thioether (sulfide) groups is 1. The lowest BCUT2D eigenvalue weighted by Crippen LogP contribution is -2.40. The van der Waals surface area contributed by atoms with Crippen molar-refractivity contribution in [1.29, 1.82) is 0 Å². The minimum Gasteiger partial charge on any atom is -0.357 e. The first kappa shape index (κ1) is 25.5. The van der Waals surface area contributed by atoms with Gasteiger partial charge in [-0.3, -0.25) is 4.99 Å². The van der Waals surface area contributed by atoms with E-state index in [4.69, 9.17) is 4.99 Å². The van der Waals surface area contributed by atoms with Crippen LogP contribution in [0.2, 0.25) is 0 Å². The van der Waals surface area contributed by atoms with Crippen LogP contribution in [-0.2, 0) is 13.0 Å². The van der Waals surface area contributed by atoms with Gasteiger partial charge in [-0.15, -0.1) is 34.2 Å². The number of nitrogens with one attached hydrogen (secondary N) is 2. The number of hydrogen-bond donors (Lipinski definition) is 2. The van der Waals surface area contributed by atoms with E-state index < -0.39 is 0 Å². The number of halogens is 1. The van der Waals surface area contributed by atoms with E-state index in [1.165, 1.54) is 25.7 Å². The molecular weight excluding hydrogens is 483 g/mol. The van der Waals surface area contributed by atoms with Gasteiger partial charge >= 0.3 is 0 Å². The summed E-state index contributed by atoms with van der Waals surface area (Å²) in [4.78, 5) is 4.86. The van der Waals surface area contributed by atoms with Crippen LogP contribution in [0.5, 0.6) is 0 Å². The number of guanidine groups is 1. The zero-order valence-corrected chi connectivity index (χ0v) is 21.4. The predicted molar refractivity (Wildman–Crippen MR) is 131 cm³/mol. The molecule has 1 saturated carbocycles. The molecule has 8 heteroatoms. The van der Waals surface area contributed by atoms with Gasteiger partial charge in [-0.2, -0.15) is 0 Å². The van der Waals surface area contributed by atoms with Gasteiger partial charge in [0.05, 0.1) is 0 Å². The van der Waals surface area contributed by atoms with E-state index in [0.29, 0.717) is 11.3 Å². The van der Waals surface area contributed by atoms with E-state index in [1.54, 1.807) is 11.8 Å². The molecule has 2 rings (SSSR count). The van der Waals surface area contributed by atoms with Crippen molar-refractivity contribution in [3.8, 4) is 0 Å². The van der Waals surface area contributed by atoms with Crippen LogP contribution in [0.3, 0.4) is 0 Å².